The average Bonchev–Trinajstić information content (AvgIpc) is 3.53. The molecule has 2 aromatic heterocycles. The summed E-state index contributed by atoms with van der Waals surface area (Å²) in [7, 11) is 0. The molecule has 0 unspecified atom stereocenters. The first-order valence-corrected chi connectivity index (χ1v) is 14.6. The molecule has 10 heteroatoms. The monoisotopic (exact) mass is 572 g/mol. The van der Waals surface area contributed by atoms with Gasteiger partial charge in [0, 0.05) is 37.3 Å². The quantitative estimate of drug-likeness (QED) is 0.447. The number of fused-ring (bicyclic) bond motifs is 2. The molecule has 9 nitrogen and oxygen atoms in total. The molecule has 2 aliphatic heterocycles. The van der Waals surface area contributed by atoms with Crippen molar-refractivity contribution < 1.29 is 19.1 Å². The van der Waals surface area contributed by atoms with E-state index in [2.05, 4.69) is 14.8 Å². The van der Waals surface area contributed by atoms with E-state index < -0.39 is 11.5 Å². The average molecular weight is 573 g/mol. The van der Waals surface area contributed by atoms with E-state index >= 15 is 0 Å². The van der Waals surface area contributed by atoms with Crippen LogP contribution in [0.1, 0.15) is 82.9 Å². The number of halogens is 1. The number of aryl methyl sites for hydroxylation is 3. The Bertz CT molecular complexity index is 1580. The van der Waals surface area contributed by atoms with E-state index in [0.717, 1.165) is 37.1 Å². The number of carboxylic acids is 1. The highest BCUT2D eigenvalue weighted by molar-refractivity contribution is 5.93. The summed E-state index contributed by atoms with van der Waals surface area (Å²) in [6.45, 7) is 11.5. The first-order valence-electron chi connectivity index (χ1n) is 14.6. The molecule has 0 radical (unpaired) electrons. The van der Waals surface area contributed by atoms with Crippen LogP contribution in [0.25, 0.3) is 0 Å². The number of hydrogen-bond donors (Lipinski definition) is 1. The minimum atomic E-state index is -0.983. The minimum absolute atomic E-state index is 0.163. The van der Waals surface area contributed by atoms with Crippen molar-refractivity contribution in [3.05, 3.63) is 70.1 Å². The van der Waals surface area contributed by atoms with E-state index in [1.54, 1.807) is 39.1 Å². The molecule has 3 aromatic rings. The van der Waals surface area contributed by atoms with Crippen LogP contribution < -0.4 is 9.80 Å². The van der Waals surface area contributed by atoms with Crippen molar-refractivity contribution in [3.8, 4) is 0 Å². The lowest BCUT2D eigenvalue weighted by Gasteiger charge is -2.47. The van der Waals surface area contributed by atoms with Gasteiger partial charge in [-0.1, -0.05) is 18.9 Å². The number of carboxylic acid groups (broad SMARTS) is 1. The van der Waals surface area contributed by atoms with E-state index in [0.29, 0.717) is 60.3 Å². The second kappa shape index (κ2) is 10.0. The predicted molar refractivity (Wildman–Crippen MR) is 158 cm³/mol. The van der Waals surface area contributed by atoms with Crippen LogP contribution in [-0.4, -0.2) is 68.6 Å². The van der Waals surface area contributed by atoms with Crippen LogP contribution in [0.4, 0.5) is 21.7 Å². The van der Waals surface area contributed by atoms with Gasteiger partial charge in [0.05, 0.1) is 28.7 Å². The van der Waals surface area contributed by atoms with Crippen LogP contribution in [0, 0.1) is 26.6 Å². The summed E-state index contributed by atoms with van der Waals surface area (Å²) in [6, 6.07) is 7.08. The van der Waals surface area contributed by atoms with Crippen molar-refractivity contribution >= 4 is 29.2 Å². The number of carbonyl (C=O) groups excluding carboxylic acids is 1. The number of hydrogen-bond acceptors (Lipinski definition) is 7. The molecule has 1 amide bonds. The fraction of sp³-hybridized carbons (Fsp3) is 0.469. The van der Waals surface area contributed by atoms with Gasteiger partial charge in [-0.05, 0) is 76.8 Å². The number of anilines is 3. The second-order valence-corrected chi connectivity index (χ2v) is 12.7. The summed E-state index contributed by atoms with van der Waals surface area (Å²) in [4.78, 5) is 46.0. The number of benzene rings is 1. The Morgan fingerprint density at radius 3 is 2.36 bits per heavy atom. The summed E-state index contributed by atoms with van der Waals surface area (Å²) >= 11 is 0. The highest BCUT2D eigenvalue weighted by Gasteiger charge is 2.48. The summed E-state index contributed by atoms with van der Waals surface area (Å²) in [6.07, 6.45) is 5.67. The zero-order valence-corrected chi connectivity index (χ0v) is 24.9. The van der Waals surface area contributed by atoms with Gasteiger partial charge >= 0.3 is 5.97 Å². The Morgan fingerprint density at radius 1 is 0.976 bits per heavy atom. The van der Waals surface area contributed by atoms with Crippen molar-refractivity contribution in [2.24, 2.45) is 0 Å². The molecule has 1 saturated carbocycles. The van der Waals surface area contributed by atoms with Crippen molar-refractivity contribution in [3.63, 3.8) is 0 Å². The van der Waals surface area contributed by atoms with Gasteiger partial charge in [0.25, 0.3) is 5.91 Å². The van der Waals surface area contributed by atoms with Crippen LogP contribution in [0.15, 0.2) is 30.5 Å². The van der Waals surface area contributed by atoms with Crippen LogP contribution in [0.2, 0.25) is 0 Å². The molecular weight excluding hydrogens is 535 g/mol. The van der Waals surface area contributed by atoms with Crippen molar-refractivity contribution in [2.45, 2.75) is 71.3 Å². The van der Waals surface area contributed by atoms with Crippen LogP contribution in [0.5, 0.6) is 0 Å². The van der Waals surface area contributed by atoms with Crippen molar-refractivity contribution in [1.29, 1.82) is 0 Å². The third kappa shape index (κ3) is 4.57. The smallest absolute Gasteiger partial charge is 0.337 e. The Hall–Kier alpha value is -4.08. The molecular formula is C32H37FN6O3. The number of carbonyl (C=O) groups is 2. The number of pyridine rings is 1. The van der Waals surface area contributed by atoms with Crippen molar-refractivity contribution in [1.82, 2.24) is 19.9 Å². The lowest BCUT2D eigenvalue weighted by Crippen LogP contribution is -2.61. The molecule has 6 rings (SSSR count). The second-order valence-electron chi connectivity index (χ2n) is 12.7. The third-order valence-electron chi connectivity index (χ3n) is 9.29. The minimum Gasteiger partial charge on any atom is -0.478 e. The number of piperazine rings is 1. The van der Waals surface area contributed by atoms with Crippen LogP contribution in [0.3, 0.4) is 0 Å². The normalized spacial score (nSPS) is 19.0. The molecule has 4 heterocycles. The van der Waals surface area contributed by atoms with Gasteiger partial charge in [-0.2, -0.15) is 0 Å². The summed E-state index contributed by atoms with van der Waals surface area (Å²) in [5.74, 6) is 0.0277. The number of rotatable bonds is 4. The van der Waals surface area contributed by atoms with Crippen LogP contribution >= 0.6 is 0 Å². The fourth-order valence-corrected chi connectivity index (χ4v) is 7.06. The van der Waals surface area contributed by atoms with Gasteiger partial charge in [0.1, 0.15) is 17.3 Å². The number of amides is 1. The first-order chi connectivity index (χ1) is 19.9. The van der Waals surface area contributed by atoms with Crippen LogP contribution in [-0.2, 0) is 5.41 Å². The lowest BCUT2D eigenvalue weighted by atomic mass is 9.84. The van der Waals surface area contributed by atoms with Gasteiger partial charge in [0.2, 0.25) is 0 Å². The summed E-state index contributed by atoms with van der Waals surface area (Å²) in [5.41, 5.74) is 3.16. The van der Waals surface area contributed by atoms with Gasteiger partial charge in [-0.25, -0.2) is 24.1 Å². The van der Waals surface area contributed by atoms with Gasteiger partial charge in [-0.15, -0.1) is 0 Å². The lowest BCUT2D eigenvalue weighted by molar-refractivity contribution is 0.0505. The highest BCUT2D eigenvalue weighted by atomic mass is 19.1. The molecule has 3 aliphatic rings. The zero-order chi connectivity index (χ0) is 30.0. The molecule has 42 heavy (non-hydrogen) atoms. The topological polar surface area (TPSA) is 103 Å². The van der Waals surface area contributed by atoms with E-state index in [-0.39, 0.29) is 22.7 Å². The number of aromatic nitrogens is 3. The Labute approximate surface area is 245 Å². The molecule has 1 aromatic carbocycles. The summed E-state index contributed by atoms with van der Waals surface area (Å²) in [5, 5.41) is 9.53. The molecule has 1 N–H and O–H groups in total. The Balaban J connectivity index is 1.28. The Kier molecular flexibility index (Phi) is 6.70. The Morgan fingerprint density at radius 2 is 1.71 bits per heavy atom. The number of nitrogens with zero attached hydrogens (tertiary/aromatic N) is 6. The SMILES string of the molecule is Cc1ccc(N2CC3(CCCC3)c3nc(C(=O)N4CCN(c5cc(C)c(C(=O)O)c(C)n5)CC4(C)C)cnc32)cc1F. The van der Waals surface area contributed by atoms with Gasteiger partial charge < -0.3 is 19.8 Å². The van der Waals surface area contributed by atoms with Gasteiger partial charge in [-0.3, -0.25) is 4.79 Å². The van der Waals surface area contributed by atoms with E-state index in [9.17, 15) is 19.1 Å². The maximum absolute atomic E-state index is 14.5. The molecule has 0 atom stereocenters. The number of aromatic carboxylic acids is 1. The first kappa shape index (κ1) is 28.1. The molecule has 1 aliphatic carbocycles. The fourth-order valence-electron chi connectivity index (χ4n) is 7.06. The molecule has 2 fully saturated rings. The maximum Gasteiger partial charge on any atom is 0.337 e. The van der Waals surface area contributed by atoms with E-state index in [1.807, 2.05) is 30.9 Å². The molecule has 1 saturated heterocycles. The van der Waals surface area contributed by atoms with Gasteiger partial charge in [0.15, 0.2) is 5.82 Å². The largest absolute Gasteiger partial charge is 0.478 e. The summed E-state index contributed by atoms with van der Waals surface area (Å²) < 4.78 is 14.5. The van der Waals surface area contributed by atoms with Crippen molar-refractivity contribution in [2.75, 3.05) is 36.0 Å². The molecule has 220 valence electrons. The molecule has 0 bridgehead atoms. The standard InChI is InChI=1S/C32H37FN6O3/c1-19-8-9-22(15-23(19)33)38-18-32(10-6-7-11-32)27-28(38)34-16-24(36-27)29(40)39-13-12-37(17-31(39,4)5)25-14-20(2)26(30(41)42)21(3)35-25/h8-9,14-16H,6-7,10-13,17-18H2,1-5H3,(H,41,42). The van der Waals surface area contributed by atoms with E-state index in [4.69, 9.17) is 9.97 Å². The third-order valence-corrected chi connectivity index (χ3v) is 9.29. The maximum atomic E-state index is 14.5. The highest BCUT2D eigenvalue weighted by Crippen LogP contribution is 2.51. The zero-order valence-electron chi connectivity index (χ0n) is 24.9. The van der Waals surface area contributed by atoms with E-state index in [1.165, 1.54) is 0 Å². The predicted octanol–water partition coefficient (Wildman–Crippen LogP) is 5.34. The molecule has 1 spiro atoms.